The Balaban J connectivity index is 1.60. The predicted octanol–water partition coefficient (Wildman–Crippen LogP) is 3.40. The van der Waals surface area contributed by atoms with Gasteiger partial charge < -0.3 is 4.57 Å². The van der Waals surface area contributed by atoms with E-state index in [2.05, 4.69) is 17.2 Å². The Bertz CT molecular complexity index is 757. The highest BCUT2D eigenvalue weighted by atomic mass is 16.1. The fraction of sp³-hybridized carbons (Fsp3) is 0.429. The van der Waals surface area contributed by atoms with Crippen LogP contribution in [0.2, 0.25) is 0 Å². The van der Waals surface area contributed by atoms with Crippen molar-refractivity contribution >= 4 is 5.78 Å². The zero-order chi connectivity index (χ0) is 17.6. The summed E-state index contributed by atoms with van der Waals surface area (Å²) in [4.78, 5) is 15.0. The molecule has 0 amide bonds. The van der Waals surface area contributed by atoms with E-state index in [1.54, 1.807) is 0 Å². The van der Waals surface area contributed by atoms with E-state index in [0.29, 0.717) is 17.9 Å². The van der Waals surface area contributed by atoms with Crippen LogP contribution < -0.4 is 0 Å². The van der Waals surface area contributed by atoms with Crippen LogP contribution in [0.4, 0.5) is 0 Å². The highest BCUT2D eigenvalue weighted by Gasteiger charge is 2.26. The minimum Gasteiger partial charge on any atom is -0.339 e. The lowest BCUT2D eigenvalue weighted by atomic mass is 9.90. The number of rotatable bonds is 6. The summed E-state index contributed by atoms with van der Waals surface area (Å²) in [6.07, 6.45) is 4.64. The number of hydrogen-bond acceptors (Lipinski definition) is 3. The molecule has 0 saturated carbocycles. The lowest BCUT2D eigenvalue weighted by Gasteiger charge is -2.31. The Morgan fingerprint density at radius 3 is 2.76 bits per heavy atom. The van der Waals surface area contributed by atoms with E-state index in [0.717, 1.165) is 50.1 Å². The molecule has 3 rings (SSSR count). The van der Waals surface area contributed by atoms with Crippen LogP contribution in [-0.2, 0) is 24.3 Å². The monoisotopic (exact) mass is 335 g/mol. The van der Waals surface area contributed by atoms with Gasteiger partial charge in [0.1, 0.15) is 17.5 Å². The van der Waals surface area contributed by atoms with E-state index in [9.17, 15) is 10.1 Å². The molecule has 1 aliphatic heterocycles. The molecule has 0 bridgehead atoms. The summed E-state index contributed by atoms with van der Waals surface area (Å²) < 4.78 is 1.98. The van der Waals surface area contributed by atoms with Crippen LogP contribution in [0.15, 0.2) is 42.6 Å². The van der Waals surface area contributed by atoms with Gasteiger partial charge in [-0.3, -0.25) is 9.69 Å². The highest BCUT2D eigenvalue weighted by Crippen LogP contribution is 2.21. The molecular formula is C21H25N3O. The van der Waals surface area contributed by atoms with Gasteiger partial charge in [-0.1, -0.05) is 30.3 Å². The van der Waals surface area contributed by atoms with Crippen molar-refractivity contribution in [2.75, 3.05) is 13.1 Å². The lowest BCUT2D eigenvalue weighted by Crippen LogP contribution is -2.38. The van der Waals surface area contributed by atoms with Crippen LogP contribution in [0.3, 0.4) is 0 Å². The van der Waals surface area contributed by atoms with E-state index < -0.39 is 0 Å². The number of carbonyl (C=O) groups excluding carboxylic acids is 1. The van der Waals surface area contributed by atoms with Crippen molar-refractivity contribution < 1.29 is 4.79 Å². The molecule has 1 atom stereocenters. The van der Waals surface area contributed by atoms with Crippen LogP contribution in [0.25, 0.3) is 0 Å². The number of nitrogens with zero attached hydrogens (tertiary/aromatic N) is 3. The molecule has 1 aromatic heterocycles. The molecule has 130 valence electrons. The van der Waals surface area contributed by atoms with Crippen molar-refractivity contribution in [3.05, 3.63) is 59.4 Å². The van der Waals surface area contributed by atoms with E-state index in [1.165, 1.54) is 0 Å². The van der Waals surface area contributed by atoms with Crippen LogP contribution in [-0.4, -0.2) is 28.3 Å². The van der Waals surface area contributed by atoms with Gasteiger partial charge in [0, 0.05) is 38.2 Å². The predicted molar refractivity (Wildman–Crippen MR) is 98.0 cm³/mol. The van der Waals surface area contributed by atoms with Crippen molar-refractivity contribution in [2.24, 2.45) is 5.92 Å². The topological polar surface area (TPSA) is 49.0 Å². The van der Waals surface area contributed by atoms with Crippen molar-refractivity contribution in [3.63, 3.8) is 0 Å². The molecule has 4 nitrogen and oxygen atoms in total. The van der Waals surface area contributed by atoms with Gasteiger partial charge in [-0.15, -0.1) is 0 Å². The SMILES string of the molecule is CCn1cc(CN2CCCC(C(=O)Cc3ccccc3)C2)cc1C#N. The first-order valence-corrected chi connectivity index (χ1v) is 9.07. The van der Waals surface area contributed by atoms with Gasteiger partial charge in [0.25, 0.3) is 0 Å². The van der Waals surface area contributed by atoms with Gasteiger partial charge in [-0.05, 0) is 43.5 Å². The number of likely N-dealkylation sites (tertiary alicyclic amines) is 1. The van der Waals surface area contributed by atoms with Crippen molar-refractivity contribution in [1.82, 2.24) is 9.47 Å². The first-order chi connectivity index (χ1) is 12.2. The molecule has 0 aliphatic carbocycles. The number of benzene rings is 1. The minimum atomic E-state index is 0.123. The number of hydrogen-bond donors (Lipinski definition) is 0. The van der Waals surface area contributed by atoms with Crippen LogP contribution in [0, 0.1) is 17.2 Å². The summed E-state index contributed by atoms with van der Waals surface area (Å²) in [7, 11) is 0. The third-order valence-corrected chi connectivity index (χ3v) is 5.00. The number of piperidine rings is 1. The second-order valence-electron chi connectivity index (χ2n) is 6.83. The molecule has 1 unspecified atom stereocenters. The first kappa shape index (κ1) is 17.4. The average molecular weight is 335 g/mol. The first-order valence-electron chi connectivity index (χ1n) is 9.07. The Morgan fingerprint density at radius 2 is 2.08 bits per heavy atom. The molecule has 4 heteroatoms. The maximum atomic E-state index is 12.6. The molecule has 0 spiro atoms. The molecule has 2 heterocycles. The Morgan fingerprint density at radius 1 is 1.28 bits per heavy atom. The summed E-state index contributed by atoms with van der Waals surface area (Å²) in [5.41, 5.74) is 2.98. The summed E-state index contributed by atoms with van der Waals surface area (Å²) in [5.74, 6) is 0.470. The second-order valence-corrected chi connectivity index (χ2v) is 6.83. The molecule has 1 aliphatic rings. The van der Waals surface area contributed by atoms with E-state index in [-0.39, 0.29) is 5.92 Å². The van der Waals surface area contributed by atoms with Gasteiger partial charge in [0.05, 0.1) is 0 Å². The number of ketones is 1. The Hall–Kier alpha value is -2.38. The van der Waals surface area contributed by atoms with Gasteiger partial charge in [-0.2, -0.15) is 5.26 Å². The molecule has 2 aromatic rings. The second kappa shape index (κ2) is 8.13. The highest BCUT2D eigenvalue weighted by molar-refractivity contribution is 5.83. The average Bonchev–Trinajstić information content (AvgIpc) is 3.04. The molecule has 0 radical (unpaired) electrons. The normalized spacial score (nSPS) is 18.0. The zero-order valence-electron chi connectivity index (χ0n) is 14.8. The summed E-state index contributed by atoms with van der Waals surface area (Å²) in [6, 6.07) is 14.2. The molecule has 1 fully saturated rings. The van der Waals surface area contributed by atoms with Gasteiger partial charge in [-0.25, -0.2) is 0 Å². The largest absolute Gasteiger partial charge is 0.339 e. The van der Waals surface area contributed by atoms with Crippen molar-refractivity contribution in [1.29, 1.82) is 5.26 Å². The molecule has 0 N–H and O–H groups in total. The van der Waals surface area contributed by atoms with Crippen LogP contribution in [0.5, 0.6) is 0 Å². The number of Topliss-reactive ketones (excluding diaryl/α,β-unsaturated/α-hetero) is 1. The quantitative estimate of drug-likeness (QED) is 0.813. The maximum Gasteiger partial charge on any atom is 0.141 e. The van der Waals surface area contributed by atoms with Crippen molar-refractivity contribution in [2.45, 2.75) is 39.3 Å². The number of aryl methyl sites for hydroxylation is 1. The smallest absolute Gasteiger partial charge is 0.141 e. The van der Waals surface area contributed by atoms with Gasteiger partial charge in [0.2, 0.25) is 0 Å². The minimum absolute atomic E-state index is 0.123. The maximum absolute atomic E-state index is 12.6. The van der Waals surface area contributed by atoms with Crippen molar-refractivity contribution in [3.8, 4) is 6.07 Å². The number of carbonyl (C=O) groups is 1. The number of nitriles is 1. The molecular weight excluding hydrogens is 310 g/mol. The Kier molecular flexibility index (Phi) is 5.67. The standard InChI is InChI=1S/C21H25N3O/c1-2-24-15-18(11-20(24)13-22)14-23-10-6-9-19(16-23)21(25)12-17-7-4-3-5-8-17/h3-5,7-8,11,15,19H,2,6,9-10,12,14,16H2,1H3. The zero-order valence-corrected chi connectivity index (χ0v) is 14.8. The third-order valence-electron chi connectivity index (χ3n) is 5.00. The molecule has 1 aromatic carbocycles. The van der Waals surface area contributed by atoms with E-state index >= 15 is 0 Å². The van der Waals surface area contributed by atoms with E-state index in [4.69, 9.17) is 0 Å². The van der Waals surface area contributed by atoms with Crippen LogP contribution in [0.1, 0.15) is 36.6 Å². The molecule has 1 saturated heterocycles. The van der Waals surface area contributed by atoms with Crippen LogP contribution >= 0.6 is 0 Å². The van der Waals surface area contributed by atoms with E-state index in [1.807, 2.05) is 47.9 Å². The fourth-order valence-electron chi connectivity index (χ4n) is 3.67. The Labute approximate surface area is 149 Å². The van der Waals surface area contributed by atoms with Gasteiger partial charge in [0.15, 0.2) is 0 Å². The fourth-order valence-corrected chi connectivity index (χ4v) is 3.67. The summed E-state index contributed by atoms with van der Waals surface area (Å²) in [6.45, 7) is 5.51. The molecule has 25 heavy (non-hydrogen) atoms. The van der Waals surface area contributed by atoms with Gasteiger partial charge >= 0.3 is 0 Å². The lowest BCUT2D eigenvalue weighted by molar-refractivity contribution is -0.123. The summed E-state index contributed by atoms with van der Waals surface area (Å²) in [5, 5.41) is 9.19. The third kappa shape index (κ3) is 4.37. The number of aromatic nitrogens is 1. The summed E-state index contributed by atoms with van der Waals surface area (Å²) >= 11 is 0.